The van der Waals surface area contributed by atoms with E-state index in [1.54, 1.807) is 12.1 Å². The molecule has 4 aromatic carbocycles. The van der Waals surface area contributed by atoms with Gasteiger partial charge in [0.25, 0.3) is 0 Å². The van der Waals surface area contributed by atoms with E-state index in [1.165, 1.54) is 11.1 Å². The number of carboxylic acid groups (broad SMARTS) is 1. The molecule has 0 saturated carbocycles. The molecule has 35 heavy (non-hydrogen) atoms. The van der Waals surface area contributed by atoms with Gasteiger partial charge in [0, 0.05) is 11.6 Å². The Balaban J connectivity index is 1.21. The first-order chi connectivity index (χ1) is 17.1. The molecule has 0 spiro atoms. The Morgan fingerprint density at radius 1 is 0.771 bits per heavy atom. The lowest BCUT2D eigenvalue weighted by Crippen LogP contribution is -2.18. The van der Waals surface area contributed by atoms with Gasteiger partial charge in [-0.2, -0.15) is 0 Å². The molecule has 0 heterocycles. The highest BCUT2D eigenvalue weighted by atomic mass is 16.5. The smallest absolute Gasteiger partial charge is 0.411 e. The molecule has 0 radical (unpaired) electrons. The summed E-state index contributed by atoms with van der Waals surface area (Å²) in [5, 5.41) is 12.4. The molecule has 5 rings (SSSR count). The molecule has 2 N–H and O–H groups in total. The topological polar surface area (TPSA) is 75.6 Å². The number of rotatable bonds is 7. The molecule has 1 amide bonds. The van der Waals surface area contributed by atoms with Crippen LogP contribution in [-0.2, 0) is 16.0 Å². The minimum atomic E-state index is -0.864. The van der Waals surface area contributed by atoms with Gasteiger partial charge in [0.05, 0.1) is 5.92 Å². The predicted molar refractivity (Wildman–Crippen MR) is 136 cm³/mol. The van der Waals surface area contributed by atoms with Gasteiger partial charge in [-0.1, -0.05) is 91.0 Å². The molecule has 0 bridgehead atoms. The summed E-state index contributed by atoms with van der Waals surface area (Å²) in [5.41, 5.74) is 6.93. The van der Waals surface area contributed by atoms with Crippen LogP contribution in [0.4, 0.5) is 10.5 Å². The van der Waals surface area contributed by atoms with Crippen molar-refractivity contribution in [3.8, 4) is 11.1 Å². The van der Waals surface area contributed by atoms with Crippen LogP contribution in [0.2, 0.25) is 0 Å². The fraction of sp³-hybridized carbons (Fsp3) is 0.133. The van der Waals surface area contributed by atoms with Gasteiger partial charge in [-0.3, -0.25) is 10.1 Å². The van der Waals surface area contributed by atoms with E-state index in [2.05, 4.69) is 29.6 Å². The van der Waals surface area contributed by atoms with Crippen molar-refractivity contribution in [3.63, 3.8) is 0 Å². The minimum absolute atomic E-state index is 0.00136. The second kappa shape index (κ2) is 9.85. The van der Waals surface area contributed by atoms with Crippen LogP contribution in [0.3, 0.4) is 0 Å². The Kier molecular flexibility index (Phi) is 6.31. The standard InChI is InChI=1S/C30H25NO4/c32-29(33)27(21-8-2-1-3-9-21)18-20-14-16-22(17-15-20)31-30(34)35-19-28-25-12-6-4-10-23(25)24-11-5-7-13-26(24)28/h1-17,27-28H,18-19H2,(H,31,34)(H,32,33). The number of anilines is 1. The van der Waals surface area contributed by atoms with Crippen LogP contribution in [0, 0.1) is 0 Å². The van der Waals surface area contributed by atoms with E-state index in [-0.39, 0.29) is 12.5 Å². The Hall–Kier alpha value is -4.38. The fourth-order valence-corrected chi connectivity index (χ4v) is 4.75. The van der Waals surface area contributed by atoms with Crippen molar-refractivity contribution in [2.45, 2.75) is 18.3 Å². The summed E-state index contributed by atoms with van der Waals surface area (Å²) < 4.78 is 5.60. The lowest BCUT2D eigenvalue weighted by Gasteiger charge is -2.15. The lowest BCUT2D eigenvalue weighted by molar-refractivity contribution is -0.138. The summed E-state index contributed by atoms with van der Waals surface area (Å²) >= 11 is 0. The van der Waals surface area contributed by atoms with Crippen LogP contribution in [-0.4, -0.2) is 23.8 Å². The van der Waals surface area contributed by atoms with Crippen LogP contribution in [0.5, 0.6) is 0 Å². The first kappa shape index (κ1) is 22.4. The number of ether oxygens (including phenoxy) is 1. The number of carbonyl (C=O) groups is 2. The summed E-state index contributed by atoms with van der Waals surface area (Å²) in [5.74, 6) is -1.49. The molecule has 1 aliphatic carbocycles. The zero-order valence-electron chi connectivity index (χ0n) is 19.1. The fourth-order valence-electron chi connectivity index (χ4n) is 4.75. The van der Waals surface area contributed by atoms with Crippen molar-refractivity contribution in [3.05, 3.63) is 125 Å². The zero-order chi connectivity index (χ0) is 24.2. The van der Waals surface area contributed by atoms with Gasteiger partial charge in [-0.05, 0) is 51.9 Å². The summed E-state index contributed by atoms with van der Waals surface area (Å²) in [6.07, 6.45) is -0.155. The molecule has 1 aliphatic rings. The number of nitrogens with one attached hydrogen (secondary N) is 1. The Labute approximate surface area is 204 Å². The molecule has 0 aromatic heterocycles. The molecule has 174 valence electrons. The molecule has 4 aromatic rings. The van der Waals surface area contributed by atoms with Gasteiger partial charge in [-0.15, -0.1) is 0 Å². The second-order valence-corrected chi connectivity index (χ2v) is 8.65. The van der Waals surface area contributed by atoms with Gasteiger partial charge in [0.2, 0.25) is 0 Å². The average Bonchev–Trinajstić information content (AvgIpc) is 3.21. The van der Waals surface area contributed by atoms with Crippen LogP contribution in [0.1, 0.15) is 34.1 Å². The van der Waals surface area contributed by atoms with Crippen molar-refractivity contribution >= 4 is 17.7 Å². The monoisotopic (exact) mass is 463 g/mol. The Morgan fingerprint density at radius 2 is 1.34 bits per heavy atom. The van der Waals surface area contributed by atoms with Gasteiger partial charge < -0.3 is 9.84 Å². The largest absolute Gasteiger partial charge is 0.481 e. The van der Waals surface area contributed by atoms with Crippen LogP contribution in [0.15, 0.2) is 103 Å². The number of carbonyl (C=O) groups excluding carboxylic acids is 1. The van der Waals surface area contributed by atoms with Crippen LogP contribution >= 0.6 is 0 Å². The number of benzene rings is 4. The van der Waals surface area contributed by atoms with Gasteiger partial charge in [0.15, 0.2) is 0 Å². The maximum Gasteiger partial charge on any atom is 0.411 e. The van der Waals surface area contributed by atoms with Gasteiger partial charge in [0.1, 0.15) is 6.61 Å². The van der Waals surface area contributed by atoms with E-state index in [0.717, 1.165) is 22.3 Å². The van der Waals surface area contributed by atoms with E-state index in [0.29, 0.717) is 12.1 Å². The highest BCUT2D eigenvalue weighted by Crippen LogP contribution is 2.44. The summed E-state index contributed by atoms with van der Waals surface area (Å²) in [4.78, 5) is 24.3. The van der Waals surface area contributed by atoms with Gasteiger partial charge in [-0.25, -0.2) is 4.79 Å². The molecular weight excluding hydrogens is 438 g/mol. The van der Waals surface area contributed by atoms with E-state index >= 15 is 0 Å². The first-order valence-corrected chi connectivity index (χ1v) is 11.6. The lowest BCUT2D eigenvalue weighted by atomic mass is 9.92. The van der Waals surface area contributed by atoms with Crippen LogP contribution < -0.4 is 5.32 Å². The zero-order valence-corrected chi connectivity index (χ0v) is 19.1. The van der Waals surface area contributed by atoms with Crippen molar-refractivity contribution < 1.29 is 19.4 Å². The van der Waals surface area contributed by atoms with E-state index in [9.17, 15) is 14.7 Å². The molecule has 1 unspecified atom stereocenters. The summed E-state index contributed by atoms with van der Waals surface area (Å²) in [6, 6.07) is 32.8. The van der Waals surface area contributed by atoms with Crippen LogP contribution in [0.25, 0.3) is 11.1 Å². The maximum atomic E-state index is 12.5. The third kappa shape index (κ3) is 4.80. The summed E-state index contributed by atoms with van der Waals surface area (Å²) in [7, 11) is 0. The molecule has 5 nitrogen and oxygen atoms in total. The molecule has 0 saturated heterocycles. The SMILES string of the molecule is O=C(Nc1ccc(CC(C(=O)O)c2ccccc2)cc1)OCC1c2ccccc2-c2ccccc21. The number of amides is 1. The molecule has 0 aliphatic heterocycles. The van der Waals surface area contributed by atoms with E-state index in [4.69, 9.17) is 4.74 Å². The van der Waals surface area contributed by atoms with E-state index < -0.39 is 18.0 Å². The normalized spacial score (nSPS) is 12.9. The quantitative estimate of drug-likeness (QED) is 0.330. The molecular formula is C30H25NO4. The maximum absolute atomic E-state index is 12.5. The Morgan fingerprint density at radius 3 is 1.94 bits per heavy atom. The summed E-state index contributed by atoms with van der Waals surface area (Å²) in [6.45, 7) is 0.245. The number of fused-ring (bicyclic) bond motifs is 3. The predicted octanol–water partition coefficient (Wildman–Crippen LogP) is 6.46. The third-order valence-corrected chi connectivity index (χ3v) is 6.48. The van der Waals surface area contributed by atoms with Crippen molar-refractivity contribution in [2.75, 3.05) is 11.9 Å². The van der Waals surface area contributed by atoms with E-state index in [1.807, 2.05) is 66.7 Å². The average molecular weight is 464 g/mol. The van der Waals surface area contributed by atoms with Crippen molar-refractivity contribution in [1.29, 1.82) is 0 Å². The molecule has 0 fully saturated rings. The third-order valence-electron chi connectivity index (χ3n) is 6.48. The van der Waals surface area contributed by atoms with Crippen molar-refractivity contribution in [2.24, 2.45) is 0 Å². The number of aliphatic carboxylic acids is 1. The van der Waals surface area contributed by atoms with Gasteiger partial charge >= 0.3 is 12.1 Å². The van der Waals surface area contributed by atoms with Crippen molar-refractivity contribution in [1.82, 2.24) is 0 Å². The number of hydrogen-bond acceptors (Lipinski definition) is 3. The first-order valence-electron chi connectivity index (χ1n) is 11.6. The molecule has 5 heteroatoms. The number of hydrogen-bond donors (Lipinski definition) is 2. The Bertz CT molecular complexity index is 1300. The highest BCUT2D eigenvalue weighted by Gasteiger charge is 2.29. The molecule has 1 atom stereocenters. The minimum Gasteiger partial charge on any atom is -0.481 e. The highest BCUT2D eigenvalue weighted by molar-refractivity contribution is 5.85. The number of carboxylic acids is 1. The second-order valence-electron chi connectivity index (χ2n) is 8.65.